The molecule has 47 heavy (non-hydrogen) atoms. The number of benzene rings is 5. The first-order valence-electron chi connectivity index (χ1n) is 16.0. The summed E-state index contributed by atoms with van der Waals surface area (Å²) in [5.41, 5.74) is 7.85. The van der Waals surface area contributed by atoms with Crippen molar-refractivity contribution in [1.29, 1.82) is 0 Å². The van der Waals surface area contributed by atoms with Gasteiger partial charge < -0.3 is 0 Å². The molecular weight excluding hydrogens is 603 g/mol. The summed E-state index contributed by atoms with van der Waals surface area (Å²) in [5.74, 6) is 0. The van der Waals surface area contributed by atoms with Crippen LogP contribution in [-0.2, 0) is 36.2 Å². The molecular formula is C39H39N5O2S+2. The average molecular weight is 642 g/mol. The number of hydrogen-bond donors (Lipinski definition) is 0. The van der Waals surface area contributed by atoms with Crippen molar-refractivity contribution in [3.05, 3.63) is 163 Å². The lowest BCUT2D eigenvalue weighted by Gasteiger charge is -2.21. The Bertz CT molecular complexity index is 2100. The standard InChI is InChI=1S/C39H39N5O2S/c1-32-20-22-35(23-21-32)47(45,46)44(26-24-40-30-42(28-33-12-4-2-5-13-33)38-18-10-8-16-36(38)40)27-25-41-31-43(29-34-14-6-3-7-15-34)39-19-11-9-17-37(39)41/h2-23,30-31H,24-29H2,1H3/q+2. The summed E-state index contributed by atoms with van der Waals surface area (Å²) in [4.78, 5) is 0.316. The Morgan fingerprint density at radius 2 is 0.979 bits per heavy atom. The molecule has 0 N–H and O–H groups in total. The van der Waals surface area contributed by atoms with Gasteiger partial charge in [0.25, 0.3) is 0 Å². The maximum atomic E-state index is 14.2. The molecule has 7 nitrogen and oxygen atoms in total. The second kappa shape index (κ2) is 13.4. The van der Waals surface area contributed by atoms with E-state index in [0.717, 1.165) is 40.7 Å². The van der Waals surface area contributed by atoms with Crippen LogP contribution in [0.2, 0.25) is 0 Å². The minimum Gasteiger partial charge on any atom is -0.228 e. The van der Waals surface area contributed by atoms with Crippen LogP contribution in [0.25, 0.3) is 22.1 Å². The minimum absolute atomic E-state index is 0.316. The monoisotopic (exact) mass is 641 g/mol. The molecule has 2 heterocycles. The summed E-state index contributed by atoms with van der Waals surface area (Å²) >= 11 is 0. The minimum atomic E-state index is -3.76. The first-order chi connectivity index (χ1) is 23.0. The normalized spacial score (nSPS) is 12.0. The third-order valence-electron chi connectivity index (χ3n) is 8.79. The smallest absolute Gasteiger partial charge is 0.228 e. The van der Waals surface area contributed by atoms with E-state index >= 15 is 0 Å². The summed E-state index contributed by atoms with van der Waals surface area (Å²) in [6.07, 6.45) is 4.22. The highest BCUT2D eigenvalue weighted by molar-refractivity contribution is 7.89. The zero-order chi connectivity index (χ0) is 32.2. The van der Waals surface area contributed by atoms with Crippen LogP contribution in [0.5, 0.6) is 0 Å². The van der Waals surface area contributed by atoms with Crippen molar-refractivity contribution in [3.8, 4) is 0 Å². The second-order valence-corrected chi connectivity index (χ2v) is 14.0. The van der Waals surface area contributed by atoms with Crippen LogP contribution >= 0.6 is 0 Å². The summed E-state index contributed by atoms with van der Waals surface area (Å²) in [6, 6.07) is 44.6. The average Bonchev–Trinajstić information content (AvgIpc) is 3.63. The lowest BCUT2D eigenvalue weighted by Crippen LogP contribution is -2.37. The summed E-state index contributed by atoms with van der Waals surface area (Å²) < 4.78 is 38.9. The molecule has 7 aromatic rings. The topological polar surface area (TPSA) is 55.0 Å². The fraction of sp³-hybridized carbons (Fsp3) is 0.179. The number of rotatable bonds is 12. The molecule has 0 aliphatic carbocycles. The van der Waals surface area contributed by atoms with Crippen LogP contribution in [0.1, 0.15) is 16.7 Å². The predicted octanol–water partition coefficient (Wildman–Crippen LogP) is 5.97. The van der Waals surface area contributed by atoms with Crippen LogP contribution in [0.15, 0.2) is 151 Å². The number of sulfonamides is 1. The quantitative estimate of drug-likeness (QED) is 0.155. The van der Waals surface area contributed by atoms with Gasteiger partial charge in [-0.2, -0.15) is 4.31 Å². The number of imidazole rings is 2. The number of aryl methyl sites for hydroxylation is 1. The van der Waals surface area contributed by atoms with Crippen molar-refractivity contribution in [3.63, 3.8) is 0 Å². The lowest BCUT2D eigenvalue weighted by molar-refractivity contribution is -0.663. The van der Waals surface area contributed by atoms with Crippen LogP contribution in [0.3, 0.4) is 0 Å². The summed E-state index contributed by atoms with van der Waals surface area (Å²) in [7, 11) is -3.76. The van der Waals surface area contributed by atoms with Gasteiger partial charge in [-0.3, -0.25) is 0 Å². The number of fused-ring (bicyclic) bond motifs is 2. The van der Waals surface area contributed by atoms with E-state index in [2.05, 4.69) is 104 Å². The van der Waals surface area contributed by atoms with E-state index in [0.29, 0.717) is 31.1 Å². The number of para-hydroxylation sites is 4. The molecule has 0 amide bonds. The van der Waals surface area contributed by atoms with Gasteiger partial charge in [0.15, 0.2) is 22.1 Å². The molecule has 0 bridgehead atoms. The van der Waals surface area contributed by atoms with Crippen molar-refractivity contribution >= 4 is 32.1 Å². The summed E-state index contributed by atoms with van der Waals surface area (Å²) in [6.45, 7) is 5.17. The Hall–Kier alpha value is -5.05. The molecule has 0 saturated heterocycles. The van der Waals surface area contributed by atoms with Crippen molar-refractivity contribution < 1.29 is 17.6 Å². The highest BCUT2D eigenvalue weighted by atomic mass is 32.2. The molecule has 0 unspecified atom stereocenters. The third kappa shape index (κ3) is 6.61. The Morgan fingerprint density at radius 1 is 0.553 bits per heavy atom. The van der Waals surface area contributed by atoms with Crippen LogP contribution < -0.4 is 9.13 Å². The van der Waals surface area contributed by atoms with E-state index in [1.807, 2.05) is 55.5 Å². The Balaban J connectivity index is 1.18. The lowest BCUT2D eigenvalue weighted by atomic mass is 10.2. The van der Waals surface area contributed by atoms with E-state index in [1.54, 1.807) is 16.4 Å². The van der Waals surface area contributed by atoms with Gasteiger partial charge in [0.2, 0.25) is 22.7 Å². The molecule has 0 aliphatic rings. The van der Waals surface area contributed by atoms with Crippen molar-refractivity contribution in [2.75, 3.05) is 13.1 Å². The van der Waals surface area contributed by atoms with Crippen LogP contribution in [-0.4, -0.2) is 34.9 Å². The molecule has 5 aromatic carbocycles. The summed E-state index contributed by atoms with van der Waals surface area (Å²) in [5, 5.41) is 0. The van der Waals surface area contributed by atoms with Crippen molar-refractivity contribution in [2.24, 2.45) is 0 Å². The molecule has 8 heteroatoms. The zero-order valence-corrected chi connectivity index (χ0v) is 27.4. The van der Waals surface area contributed by atoms with Gasteiger partial charge in [-0.05, 0) is 54.4 Å². The van der Waals surface area contributed by atoms with Gasteiger partial charge >= 0.3 is 0 Å². The van der Waals surface area contributed by atoms with Crippen LogP contribution in [0.4, 0.5) is 0 Å². The Labute approximate surface area is 276 Å². The van der Waals surface area contributed by atoms with Gasteiger partial charge in [0.1, 0.15) is 26.2 Å². The highest BCUT2D eigenvalue weighted by Crippen LogP contribution is 2.19. The van der Waals surface area contributed by atoms with E-state index in [4.69, 9.17) is 0 Å². The van der Waals surface area contributed by atoms with Gasteiger partial charge in [-0.1, -0.05) is 103 Å². The fourth-order valence-electron chi connectivity index (χ4n) is 6.30. The second-order valence-electron chi connectivity index (χ2n) is 12.0. The Morgan fingerprint density at radius 3 is 1.45 bits per heavy atom. The molecule has 0 radical (unpaired) electrons. The number of nitrogens with zero attached hydrogens (tertiary/aromatic N) is 5. The maximum absolute atomic E-state index is 14.2. The van der Waals surface area contributed by atoms with Crippen molar-refractivity contribution in [1.82, 2.24) is 13.4 Å². The largest absolute Gasteiger partial charge is 0.245 e. The highest BCUT2D eigenvalue weighted by Gasteiger charge is 2.27. The van der Waals surface area contributed by atoms with Gasteiger partial charge in [0.05, 0.1) is 18.0 Å². The van der Waals surface area contributed by atoms with E-state index in [1.165, 1.54) is 11.1 Å². The van der Waals surface area contributed by atoms with E-state index in [9.17, 15) is 8.42 Å². The molecule has 0 spiro atoms. The predicted molar refractivity (Wildman–Crippen MR) is 185 cm³/mol. The molecule has 7 rings (SSSR count). The van der Waals surface area contributed by atoms with Crippen molar-refractivity contribution in [2.45, 2.75) is 38.0 Å². The first kappa shape index (κ1) is 30.6. The fourth-order valence-corrected chi connectivity index (χ4v) is 7.73. The van der Waals surface area contributed by atoms with Gasteiger partial charge in [-0.15, -0.1) is 0 Å². The van der Waals surface area contributed by atoms with E-state index in [-0.39, 0.29) is 0 Å². The molecule has 0 aliphatic heterocycles. The SMILES string of the molecule is Cc1ccc(S(=O)(=O)N(CCn2c[n+](Cc3ccccc3)c3ccccc32)CCn2c[n+](Cc3ccccc3)c3ccccc32)cc1. The van der Waals surface area contributed by atoms with Gasteiger partial charge in [0, 0.05) is 0 Å². The Kier molecular flexibility index (Phi) is 8.70. The molecule has 2 aromatic heterocycles. The van der Waals surface area contributed by atoms with Gasteiger partial charge in [-0.25, -0.2) is 26.7 Å². The van der Waals surface area contributed by atoms with Crippen LogP contribution in [0, 0.1) is 6.92 Å². The molecule has 0 saturated carbocycles. The zero-order valence-electron chi connectivity index (χ0n) is 26.6. The molecule has 236 valence electrons. The number of aromatic nitrogens is 4. The van der Waals surface area contributed by atoms with E-state index < -0.39 is 10.0 Å². The third-order valence-corrected chi connectivity index (χ3v) is 10.7. The maximum Gasteiger partial charge on any atom is 0.245 e. The number of hydrogen-bond acceptors (Lipinski definition) is 2. The first-order valence-corrected chi connectivity index (χ1v) is 17.5. The molecule has 0 fully saturated rings. The molecule has 0 atom stereocenters.